The van der Waals surface area contributed by atoms with Crippen LogP contribution < -0.4 is 10.1 Å². The van der Waals surface area contributed by atoms with Gasteiger partial charge in [-0.25, -0.2) is 9.59 Å². The van der Waals surface area contributed by atoms with Crippen LogP contribution >= 0.6 is 0 Å². The molecule has 33 heavy (non-hydrogen) atoms. The Labute approximate surface area is 192 Å². The van der Waals surface area contributed by atoms with Gasteiger partial charge in [-0.2, -0.15) is 0 Å². The van der Waals surface area contributed by atoms with Crippen LogP contribution in [0.4, 0.5) is 10.5 Å². The Hall–Kier alpha value is -3.84. The fraction of sp³-hybridized carbons (Fsp3) is 0.231. The maximum atomic E-state index is 12.7. The molecule has 0 saturated carbocycles. The number of amides is 2. The second-order valence-electron chi connectivity index (χ2n) is 8.00. The fourth-order valence-electron chi connectivity index (χ4n) is 3.88. The largest absolute Gasteiger partial charge is 0.497 e. The van der Waals surface area contributed by atoms with E-state index >= 15 is 0 Å². The molecule has 7 nitrogen and oxygen atoms in total. The lowest BCUT2D eigenvalue weighted by Gasteiger charge is -2.34. The highest BCUT2D eigenvalue weighted by Gasteiger charge is 2.27. The molecule has 0 radical (unpaired) electrons. The Bertz CT molecular complexity index is 1160. The number of carboxylic acid groups (broad SMARTS) is 1. The van der Waals surface area contributed by atoms with Crippen LogP contribution in [-0.4, -0.2) is 29.1 Å². The topological polar surface area (TPSA) is 88.1 Å². The van der Waals surface area contributed by atoms with Gasteiger partial charge in [0.1, 0.15) is 5.75 Å². The molecule has 170 valence electrons. The molecule has 1 aliphatic rings. The lowest BCUT2D eigenvalue weighted by molar-refractivity contribution is 0.0696. The van der Waals surface area contributed by atoms with E-state index in [4.69, 9.17) is 14.6 Å². The zero-order valence-corrected chi connectivity index (χ0v) is 18.6. The van der Waals surface area contributed by atoms with E-state index in [1.807, 2.05) is 49.4 Å². The average molecular weight is 447 g/mol. The number of benzene rings is 3. The Morgan fingerprint density at radius 3 is 2.48 bits per heavy atom. The maximum Gasteiger partial charge on any atom is 0.335 e. The number of urea groups is 1. The van der Waals surface area contributed by atoms with Crippen molar-refractivity contribution in [1.29, 1.82) is 0 Å². The number of carboxylic acids is 1. The molecule has 7 heteroatoms. The third-order valence-electron chi connectivity index (χ3n) is 5.79. The summed E-state index contributed by atoms with van der Waals surface area (Å²) in [4.78, 5) is 25.5. The number of carbonyl (C=O) groups excluding carboxylic acids is 1. The van der Waals surface area contributed by atoms with Crippen LogP contribution in [0.2, 0.25) is 0 Å². The fourth-order valence-corrected chi connectivity index (χ4v) is 3.88. The van der Waals surface area contributed by atoms with Crippen molar-refractivity contribution in [3.63, 3.8) is 0 Å². The van der Waals surface area contributed by atoms with Crippen molar-refractivity contribution in [1.82, 2.24) is 4.90 Å². The van der Waals surface area contributed by atoms with E-state index in [1.54, 1.807) is 36.3 Å². The number of nitrogens with one attached hydrogen (secondary N) is 1. The van der Waals surface area contributed by atoms with Crippen LogP contribution in [0, 0.1) is 0 Å². The summed E-state index contributed by atoms with van der Waals surface area (Å²) >= 11 is 0. The molecule has 2 N–H and O–H groups in total. The van der Waals surface area contributed by atoms with Crippen LogP contribution in [0.15, 0.2) is 66.7 Å². The monoisotopic (exact) mass is 446 g/mol. The van der Waals surface area contributed by atoms with Gasteiger partial charge in [0.2, 0.25) is 0 Å². The van der Waals surface area contributed by atoms with Gasteiger partial charge in [0.15, 0.2) is 0 Å². The van der Waals surface area contributed by atoms with Crippen LogP contribution in [0.5, 0.6) is 5.75 Å². The molecule has 0 bridgehead atoms. The van der Waals surface area contributed by atoms with Gasteiger partial charge >= 0.3 is 12.0 Å². The summed E-state index contributed by atoms with van der Waals surface area (Å²) in [5, 5.41) is 12.1. The Kier molecular flexibility index (Phi) is 6.60. The normalized spacial score (nSPS) is 13.8. The summed E-state index contributed by atoms with van der Waals surface area (Å²) in [5.41, 5.74) is 4.95. The molecule has 1 heterocycles. The van der Waals surface area contributed by atoms with Crippen molar-refractivity contribution >= 4 is 17.7 Å². The van der Waals surface area contributed by atoms with Gasteiger partial charge in [0.05, 0.1) is 38.5 Å². The summed E-state index contributed by atoms with van der Waals surface area (Å²) in [6.07, 6.45) is 0. The third-order valence-corrected chi connectivity index (χ3v) is 5.79. The molecule has 3 aromatic carbocycles. The molecule has 1 unspecified atom stereocenters. The van der Waals surface area contributed by atoms with Crippen LogP contribution in [-0.2, 0) is 24.5 Å². The lowest BCUT2D eigenvalue weighted by Crippen LogP contribution is -2.40. The summed E-state index contributed by atoms with van der Waals surface area (Å²) in [6.45, 7) is 3.30. The van der Waals surface area contributed by atoms with Crippen molar-refractivity contribution in [2.75, 3.05) is 12.4 Å². The highest BCUT2D eigenvalue weighted by Crippen LogP contribution is 2.31. The summed E-state index contributed by atoms with van der Waals surface area (Å²) in [6, 6.07) is 19.9. The second-order valence-corrected chi connectivity index (χ2v) is 8.00. The first-order valence-electron chi connectivity index (χ1n) is 10.7. The number of rotatable bonds is 8. The zero-order chi connectivity index (χ0) is 23.4. The zero-order valence-electron chi connectivity index (χ0n) is 18.6. The van der Waals surface area contributed by atoms with E-state index in [2.05, 4.69) is 5.32 Å². The van der Waals surface area contributed by atoms with Gasteiger partial charge in [0.25, 0.3) is 0 Å². The Morgan fingerprint density at radius 2 is 1.79 bits per heavy atom. The smallest absolute Gasteiger partial charge is 0.335 e. The summed E-state index contributed by atoms with van der Waals surface area (Å²) in [5.74, 6) is -0.174. The third kappa shape index (κ3) is 5.15. The van der Waals surface area contributed by atoms with Gasteiger partial charge in [0, 0.05) is 5.69 Å². The molecular weight excluding hydrogens is 420 g/mol. The number of hydrogen-bond acceptors (Lipinski definition) is 4. The number of nitrogens with zero attached hydrogens (tertiary/aromatic N) is 1. The van der Waals surface area contributed by atoms with Gasteiger partial charge in [-0.05, 0) is 65.6 Å². The molecule has 1 atom stereocenters. The molecule has 1 aliphatic heterocycles. The van der Waals surface area contributed by atoms with Crippen molar-refractivity contribution in [2.45, 2.75) is 32.7 Å². The van der Waals surface area contributed by atoms with Crippen molar-refractivity contribution < 1.29 is 24.2 Å². The number of carbonyl (C=O) groups is 2. The SMILES string of the molecule is COc1cccc(COCc2ccc3c(c2)CN(C(C)c2ccc(C(=O)O)cc2)C(=O)N3)c1. The maximum absolute atomic E-state index is 12.7. The minimum atomic E-state index is -0.972. The van der Waals surface area contributed by atoms with Gasteiger partial charge in [-0.3, -0.25) is 0 Å². The standard InChI is InChI=1S/C26H26N2O5/c1-17(20-7-9-21(10-8-20)25(29)30)28-14-22-12-19(6-11-24(22)27-26(28)31)16-33-15-18-4-3-5-23(13-18)32-2/h3-13,17H,14-16H2,1-2H3,(H,27,31)(H,29,30). The van der Waals surface area contributed by atoms with Crippen molar-refractivity contribution in [3.8, 4) is 5.75 Å². The second kappa shape index (κ2) is 9.75. The molecule has 0 fully saturated rings. The van der Waals surface area contributed by atoms with Gasteiger partial charge in [-0.15, -0.1) is 0 Å². The van der Waals surface area contributed by atoms with E-state index in [0.717, 1.165) is 33.7 Å². The van der Waals surface area contributed by atoms with E-state index in [1.165, 1.54) is 0 Å². The number of methoxy groups -OCH3 is 1. The summed E-state index contributed by atoms with van der Waals surface area (Å²) in [7, 11) is 1.64. The number of ether oxygens (including phenoxy) is 2. The first-order valence-corrected chi connectivity index (χ1v) is 10.7. The number of anilines is 1. The minimum Gasteiger partial charge on any atom is -0.497 e. The number of aromatic carboxylic acids is 1. The van der Waals surface area contributed by atoms with Crippen LogP contribution in [0.25, 0.3) is 0 Å². The molecular formula is C26H26N2O5. The quantitative estimate of drug-likeness (QED) is 0.495. The van der Waals surface area contributed by atoms with E-state index < -0.39 is 5.97 Å². The summed E-state index contributed by atoms with van der Waals surface area (Å²) < 4.78 is 11.1. The van der Waals surface area contributed by atoms with E-state index in [-0.39, 0.29) is 17.6 Å². The first kappa shape index (κ1) is 22.4. The lowest BCUT2D eigenvalue weighted by atomic mass is 10.0. The highest BCUT2D eigenvalue weighted by atomic mass is 16.5. The van der Waals surface area contributed by atoms with Crippen molar-refractivity contribution in [2.24, 2.45) is 0 Å². The molecule has 0 aromatic heterocycles. The van der Waals surface area contributed by atoms with Crippen LogP contribution in [0.3, 0.4) is 0 Å². The Morgan fingerprint density at radius 1 is 1.06 bits per heavy atom. The minimum absolute atomic E-state index is 0.181. The number of fused-ring (bicyclic) bond motifs is 1. The predicted octanol–water partition coefficient (Wildman–Crippen LogP) is 5.22. The molecule has 4 rings (SSSR count). The van der Waals surface area contributed by atoms with Gasteiger partial charge < -0.3 is 24.8 Å². The highest BCUT2D eigenvalue weighted by molar-refractivity contribution is 5.92. The average Bonchev–Trinajstić information content (AvgIpc) is 2.83. The Balaban J connectivity index is 1.42. The van der Waals surface area contributed by atoms with E-state index in [9.17, 15) is 9.59 Å². The van der Waals surface area contributed by atoms with Gasteiger partial charge in [-0.1, -0.05) is 30.3 Å². The van der Waals surface area contributed by atoms with E-state index in [0.29, 0.717) is 19.8 Å². The van der Waals surface area contributed by atoms with Crippen LogP contribution in [0.1, 0.15) is 45.6 Å². The molecule has 0 spiro atoms. The molecule has 0 saturated heterocycles. The number of hydrogen-bond donors (Lipinski definition) is 2. The van der Waals surface area contributed by atoms with Crippen molar-refractivity contribution in [3.05, 3.63) is 94.5 Å². The first-order chi connectivity index (χ1) is 15.9. The predicted molar refractivity (Wildman–Crippen MR) is 124 cm³/mol. The molecule has 2 amide bonds. The molecule has 3 aromatic rings. The molecule has 0 aliphatic carbocycles.